The van der Waals surface area contributed by atoms with Crippen molar-refractivity contribution in [1.29, 1.82) is 0 Å². The third-order valence-electron chi connectivity index (χ3n) is 3.12. The van der Waals surface area contributed by atoms with E-state index in [0.29, 0.717) is 35.6 Å². The summed E-state index contributed by atoms with van der Waals surface area (Å²) < 4.78 is 0. The molecule has 122 valence electrons. The molecule has 0 atom stereocenters. The molecule has 24 heavy (non-hydrogen) atoms. The van der Waals surface area contributed by atoms with Crippen molar-refractivity contribution in [2.24, 2.45) is 0 Å². The Hall–Kier alpha value is -3.28. The second kappa shape index (κ2) is 8.38. The number of amides is 2. The van der Waals surface area contributed by atoms with Gasteiger partial charge in [0.1, 0.15) is 0 Å². The second-order valence-electron chi connectivity index (χ2n) is 4.86. The topological polar surface area (TPSA) is 84.0 Å². The first-order chi connectivity index (χ1) is 11.7. The molecule has 0 aromatic carbocycles. The minimum atomic E-state index is -0.224. The van der Waals surface area contributed by atoms with Crippen LogP contribution in [0.3, 0.4) is 0 Å². The zero-order chi connectivity index (χ0) is 17.4. The highest BCUT2D eigenvalue weighted by Crippen LogP contribution is 2.16. The number of nitrogens with one attached hydrogen (secondary N) is 2. The van der Waals surface area contributed by atoms with Gasteiger partial charge in [-0.05, 0) is 24.3 Å². The number of hydrogen-bond donors (Lipinski definition) is 2. The summed E-state index contributed by atoms with van der Waals surface area (Å²) in [4.78, 5) is 32.4. The van der Waals surface area contributed by atoms with E-state index < -0.39 is 0 Å². The van der Waals surface area contributed by atoms with Crippen LogP contribution in [-0.4, -0.2) is 34.9 Å². The molecule has 2 rings (SSSR count). The van der Waals surface area contributed by atoms with Crippen LogP contribution >= 0.6 is 0 Å². The van der Waals surface area contributed by atoms with E-state index in [1.807, 2.05) is 0 Å². The number of carbonyl (C=O) groups excluding carboxylic acids is 2. The molecular weight excluding hydrogens is 304 g/mol. The molecular formula is C18H18N4O2. The lowest BCUT2D eigenvalue weighted by Gasteiger charge is -2.06. The fourth-order valence-electron chi connectivity index (χ4n) is 1.96. The Morgan fingerprint density at radius 2 is 1.29 bits per heavy atom. The Labute approximate surface area is 140 Å². The number of hydrogen-bond acceptors (Lipinski definition) is 4. The lowest BCUT2D eigenvalue weighted by Crippen LogP contribution is -2.23. The smallest absolute Gasteiger partial charge is 0.251 e. The van der Waals surface area contributed by atoms with Gasteiger partial charge < -0.3 is 10.6 Å². The SMILES string of the molecule is C=CCNC(=O)c1ccnc(-c2cc(C(=O)NCC=C)ccn2)c1. The lowest BCUT2D eigenvalue weighted by atomic mass is 10.1. The van der Waals surface area contributed by atoms with Gasteiger partial charge >= 0.3 is 0 Å². The van der Waals surface area contributed by atoms with Gasteiger partial charge in [-0.25, -0.2) is 0 Å². The van der Waals surface area contributed by atoms with Crippen molar-refractivity contribution < 1.29 is 9.59 Å². The standard InChI is InChI=1S/C18H18N4O2/c1-3-7-21-17(23)13-5-9-19-15(11-13)16-12-14(6-10-20-16)18(24)22-8-4-2/h3-6,9-12H,1-2,7-8H2,(H,21,23)(H,22,24). The summed E-state index contributed by atoms with van der Waals surface area (Å²) in [5.74, 6) is -0.447. The Morgan fingerprint density at radius 3 is 1.67 bits per heavy atom. The zero-order valence-electron chi connectivity index (χ0n) is 13.2. The molecule has 6 heteroatoms. The highest BCUT2D eigenvalue weighted by Gasteiger charge is 2.10. The third-order valence-corrected chi connectivity index (χ3v) is 3.12. The van der Waals surface area contributed by atoms with Crippen LogP contribution in [0.25, 0.3) is 11.4 Å². The lowest BCUT2D eigenvalue weighted by molar-refractivity contribution is 0.0949. The van der Waals surface area contributed by atoms with Crippen LogP contribution in [0, 0.1) is 0 Å². The van der Waals surface area contributed by atoms with Gasteiger partial charge in [0.2, 0.25) is 0 Å². The Balaban J connectivity index is 2.25. The van der Waals surface area contributed by atoms with Crippen molar-refractivity contribution in [2.45, 2.75) is 0 Å². The molecule has 0 radical (unpaired) electrons. The second-order valence-corrected chi connectivity index (χ2v) is 4.86. The molecule has 0 saturated carbocycles. The molecule has 2 aromatic rings. The van der Waals surface area contributed by atoms with Crippen LogP contribution in [0.15, 0.2) is 62.0 Å². The summed E-state index contributed by atoms with van der Waals surface area (Å²) in [6.45, 7) is 7.88. The number of rotatable bonds is 7. The van der Waals surface area contributed by atoms with Gasteiger partial charge in [-0.1, -0.05) is 12.2 Å². The van der Waals surface area contributed by atoms with E-state index in [9.17, 15) is 9.59 Å². The van der Waals surface area contributed by atoms with Gasteiger partial charge in [0, 0.05) is 36.6 Å². The Bertz CT molecular complexity index is 706. The van der Waals surface area contributed by atoms with E-state index in [1.165, 1.54) is 12.4 Å². The van der Waals surface area contributed by atoms with Crippen molar-refractivity contribution in [2.75, 3.05) is 13.1 Å². The fourth-order valence-corrected chi connectivity index (χ4v) is 1.96. The first kappa shape index (κ1) is 17.1. The summed E-state index contributed by atoms with van der Waals surface area (Å²) >= 11 is 0. The molecule has 0 fully saturated rings. The predicted molar refractivity (Wildman–Crippen MR) is 92.5 cm³/mol. The van der Waals surface area contributed by atoms with E-state index in [0.717, 1.165) is 0 Å². The van der Waals surface area contributed by atoms with Crippen molar-refractivity contribution >= 4 is 11.8 Å². The minimum absolute atomic E-state index is 0.224. The summed E-state index contributed by atoms with van der Waals surface area (Å²) in [6.07, 6.45) is 6.27. The first-order valence-corrected chi connectivity index (χ1v) is 7.36. The number of carbonyl (C=O) groups is 2. The molecule has 6 nitrogen and oxygen atoms in total. The summed E-state index contributed by atoms with van der Waals surface area (Å²) in [7, 11) is 0. The molecule has 2 amide bonds. The highest BCUT2D eigenvalue weighted by atomic mass is 16.2. The third kappa shape index (κ3) is 4.36. The van der Waals surface area contributed by atoms with E-state index >= 15 is 0 Å². The quantitative estimate of drug-likeness (QED) is 0.763. The first-order valence-electron chi connectivity index (χ1n) is 7.36. The van der Waals surface area contributed by atoms with Crippen LogP contribution in [0.2, 0.25) is 0 Å². The predicted octanol–water partition coefficient (Wildman–Crippen LogP) is 1.98. The Morgan fingerprint density at radius 1 is 0.875 bits per heavy atom. The maximum Gasteiger partial charge on any atom is 0.251 e. The maximum absolute atomic E-state index is 12.0. The number of nitrogens with zero attached hydrogens (tertiary/aromatic N) is 2. The molecule has 2 aromatic heterocycles. The van der Waals surface area contributed by atoms with Gasteiger partial charge in [0.25, 0.3) is 11.8 Å². The van der Waals surface area contributed by atoms with Gasteiger partial charge in [-0.2, -0.15) is 0 Å². The van der Waals surface area contributed by atoms with Crippen LogP contribution in [0.1, 0.15) is 20.7 Å². The van der Waals surface area contributed by atoms with E-state index in [4.69, 9.17) is 0 Å². The zero-order valence-corrected chi connectivity index (χ0v) is 13.2. The van der Waals surface area contributed by atoms with Gasteiger partial charge in [-0.3, -0.25) is 19.6 Å². The molecule has 0 aliphatic carbocycles. The Kier molecular flexibility index (Phi) is 5.96. The molecule has 2 N–H and O–H groups in total. The molecule has 0 bridgehead atoms. The van der Waals surface area contributed by atoms with Gasteiger partial charge in [0.05, 0.1) is 11.4 Å². The number of pyridine rings is 2. The van der Waals surface area contributed by atoms with E-state index in [2.05, 4.69) is 33.8 Å². The van der Waals surface area contributed by atoms with Crippen molar-refractivity contribution in [3.05, 3.63) is 73.1 Å². The van der Waals surface area contributed by atoms with Crippen molar-refractivity contribution in [3.63, 3.8) is 0 Å². The molecule has 2 heterocycles. The number of aromatic nitrogens is 2. The normalized spacial score (nSPS) is 9.83. The largest absolute Gasteiger partial charge is 0.349 e. The van der Waals surface area contributed by atoms with E-state index in [-0.39, 0.29) is 11.8 Å². The summed E-state index contributed by atoms with van der Waals surface area (Å²) in [6, 6.07) is 6.49. The fraction of sp³-hybridized carbons (Fsp3) is 0.111. The van der Waals surface area contributed by atoms with Crippen LogP contribution < -0.4 is 10.6 Å². The van der Waals surface area contributed by atoms with Crippen LogP contribution in [0.5, 0.6) is 0 Å². The minimum Gasteiger partial charge on any atom is -0.349 e. The van der Waals surface area contributed by atoms with E-state index in [1.54, 1.807) is 36.4 Å². The van der Waals surface area contributed by atoms with Crippen molar-refractivity contribution in [3.8, 4) is 11.4 Å². The molecule has 0 saturated heterocycles. The van der Waals surface area contributed by atoms with Gasteiger partial charge in [0.15, 0.2) is 0 Å². The van der Waals surface area contributed by atoms with Crippen LogP contribution in [0.4, 0.5) is 0 Å². The molecule has 0 spiro atoms. The monoisotopic (exact) mass is 322 g/mol. The average Bonchev–Trinajstić information content (AvgIpc) is 2.64. The summed E-state index contributed by atoms with van der Waals surface area (Å²) in [5, 5.41) is 5.40. The molecule has 0 aliphatic heterocycles. The summed E-state index contributed by atoms with van der Waals surface area (Å²) in [5.41, 5.74) is 1.95. The highest BCUT2D eigenvalue weighted by molar-refractivity contribution is 5.96. The average molecular weight is 322 g/mol. The molecule has 0 aliphatic rings. The van der Waals surface area contributed by atoms with Crippen molar-refractivity contribution in [1.82, 2.24) is 20.6 Å². The molecule has 0 unspecified atom stereocenters. The van der Waals surface area contributed by atoms with Crippen LogP contribution in [-0.2, 0) is 0 Å². The maximum atomic E-state index is 12.0. The van der Waals surface area contributed by atoms with Gasteiger partial charge in [-0.15, -0.1) is 13.2 Å².